The van der Waals surface area contributed by atoms with Crippen molar-refractivity contribution in [3.05, 3.63) is 29.0 Å². The maximum Gasteiger partial charge on any atom is 0.343 e. The first-order chi connectivity index (χ1) is 6.56. The molecule has 0 aliphatic heterocycles. The number of hydrogen-bond donors (Lipinski definition) is 1. The molecule has 0 aromatic carbocycles. The highest BCUT2D eigenvalue weighted by atomic mass is 16.4. The molecule has 0 atom stereocenters. The third-order valence-electron chi connectivity index (χ3n) is 1.98. The van der Waals surface area contributed by atoms with Gasteiger partial charge >= 0.3 is 11.7 Å². The van der Waals surface area contributed by atoms with Crippen LogP contribution in [0.1, 0.15) is 6.42 Å². The Labute approximate surface area is 81.6 Å². The molecule has 0 saturated heterocycles. The highest BCUT2D eigenvalue weighted by Gasteiger charge is 2.25. The number of likely N-dealkylation sites (N-methyl/N-ethyl adjacent to an activating group) is 1. The van der Waals surface area contributed by atoms with Gasteiger partial charge in [-0.15, -0.1) is 0 Å². The van der Waals surface area contributed by atoms with Crippen molar-refractivity contribution in [1.29, 1.82) is 0 Å². The molecule has 5 nitrogen and oxygen atoms in total. The van der Waals surface area contributed by atoms with Gasteiger partial charge in [-0.2, -0.15) is 4.79 Å². The van der Waals surface area contributed by atoms with Crippen molar-refractivity contribution >= 4 is 11.7 Å². The normalized spacial score (nSPS) is 15.4. The molecule has 0 bridgehead atoms. The molecule has 0 aromatic rings. The fourth-order valence-electron chi connectivity index (χ4n) is 1.19. The first-order valence-corrected chi connectivity index (χ1v) is 4.10. The highest BCUT2D eigenvalue weighted by molar-refractivity contribution is 6.18. The summed E-state index contributed by atoms with van der Waals surface area (Å²) in [6, 6.07) is 0. The zero-order valence-electron chi connectivity index (χ0n) is 8.06. The molecule has 0 saturated carbocycles. The van der Waals surface area contributed by atoms with Crippen molar-refractivity contribution < 1.29 is 14.7 Å². The summed E-state index contributed by atoms with van der Waals surface area (Å²) in [5.74, 6) is -1.08. The van der Waals surface area contributed by atoms with E-state index in [9.17, 15) is 4.79 Å². The summed E-state index contributed by atoms with van der Waals surface area (Å²) in [6.07, 6.45) is 3.63. The van der Waals surface area contributed by atoms with Gasteiger partial charge in [-0.05, 0) is 12.2 Å². The van der Waals surface area contributed by atoms with Crippen LogP contribution >= 0.6 is 0 Å². The van der Waals surface area contributed by atoms with E-state index in [1.807, 2.05) is 20.2 Å². The molecule has 1 N–H and O–H groups in total. The third-order valence-corrected chi connectivity index (χ3v) is 1.98. The molecule has 14 heavy (non-hydrogen) atoms. The third kappa shape index (κ3) is 1.89. The molecule has 1 aliphatic carbocycles. The molecular formula is C9H11N3O2. The lowest BCUT2D eigenvalue weighted by Gasteiger charge is -2.16. The lowest BCUT2D eigenvalue weighted by molar-refractivity contribution is -0.132. The Morgan fingerprint density at radius 3 is 2.71 bits per heavy atom. The minimum atomic E-state index is -1.08. The van der Waals surface area contributed by atoms with Crippen LogP contribution in [-0.4, -0.2) is 40.6 Å². The number of hydrogen-bond acceptors (Lipinski definition) is 2. The Morgan fingerprint density at radius 2 is 2.29 bits per heavy atom. The summed E-state index contributed by atoms with van der Waals surface area (Å²) in [4.78, 5) is 15.5. The van der Waals surface area contributed by atoms with Gasteiger partial charge in [0, 0.05) is 19.8 Å². The van der Waals surface area contributed by atoms with Gasteiger partial charge < -0.3 is 15.5 Å². The van der Waals surface area contributed by atoms with Gasteiger partial charge in [-0.3, -0.25) is 0 Å². The first kappa shape index (κ1) is 10.2. The predicted molar refractivity (Wildman–Crippen MR) is 50.7 cm³/mol. The average Bonchev–Trinajstić information content (AvgIpc) is 2.16. The Morgan fingerprint density at radius 1 is 1.64 bits per heavy atom. The monoisotopic (exact) mass is 193 g/mol. The van der Waals surface area contributed by atoms with Gasteiger partial charge in [-0.1, -0.05) is 0 Å². The molecule has 0 spiro atoms. The van der Waals surface area contributed by atoms with E-state index in [4.69, 9.17) is 10.6 Å². The van der Waals surface area contributed by atoms with Gasteiger partial charge in [0.05, 0.1) is 6.42 Å². The molecule has 0 radical (unpaired) electrons. The molecule has 0 unspecified atom stereocenters. The van der Waals surface area contributed by atoms with Crippen LogP contribution in [0.25, 0.3) is 5.53 Å². The zero-order chi connectivity index (χ0) is 10.7. The summed E-state index contributed by atoms with van der Waals surface area (Å²) < 4.78 is 0. The lowest BCUT2D eigenvalue weighted by Crippen LogP contribution is -2.20. The van der Waals surface area contributed by atoms with Crippen molar-refractivity contribution in [3.8, 4) is 0 Å². The number of carbonyl (C=O) groups is 1. The van der Waals surface area contributed by atoms with Crippen molar-refractivity contribution in [3.63, 3.8) is 0 Å². The van der Waals surface area contributed by atoms with Crippen LogP contribution in [0.5, 0.6) is 0 Å². The number of aliphatic carboxylic acids is 1. The second kappa shape index (κ2) is 3.89. The van der Waals surface area contributed by atoms with Crippen LogP contribution in [-0.2, 0) is 4.79 Å². The number of rotatable bonds is 2. The van der Waals surface area contributed by atoms with Gasteiger partial charge in [0.15, 0.2) is 0 Å². The molecular weight excluding hydrogens is 182 g/mol. The summed E-state index contributed by atoms with van der Waals surface area (Å²) >= 11 is 0. The maximum absolute atomic E-state index is 10.8. The smallest absolute Gasteiger partial charge is 0.343 e. The second-order valence-corrected chi connectivity index (χ2v) is 3.14. The van der Waals surface area contributed by atoms with Gasteiger partial charge in [0.25, 0.3) is 0 Å². The molecule has 0 fully saturated rings. The van der Waals surface area contributed by atoms with E-state index in [1.54, 1.807) is 4.90 Å². The molecule has 1 aliphatic rings. The Hall–Kier alpha value is -1.87. The van der Waals surface area contributed by atoms with Crippen LogP contribution in [0, 0.1) is 0 Å². The average molecular weight is 193 g/mol. The van der Waals surface area contributed by atoms with Gasteiger partial charge in [0.1, 0.15) is 5.57 Å². The molecule has 0 heterocycles. The van der Waals surface area contributed by atoms with Gasteiger partial charge in [-0.25, -0.2) is 4.79 Å². The summed E-state index contributed by atoms with van der Waals surface area (Å²) in [6.45, 7) is 0. The van der Waals surface area contributed by atoms with E-state index in [2.05, 4.69) is 4.79 Å². The van der Waals surface area contributed by atoms with E-state index in [-0.39, 0.29) is 11.3 Å². The highest BCUT2D eigenvalue weighted by Crippen LogP contribution is 2.15. The fraction of sp³-hybridized carbons (Fsp3) is 0.333. The fourth-order valence-corrected chi connectivity index (χ4v) is 1.19. The SMILES string of the molecule is CN(C)C1=CCC(=[N+]=[N-])C(C(=O)O)=C1. The van der Waals surface area contributed by atoms with Crippen LogP contribution in [0.15, 0.2) is 23.4 Å². The molecule has 5 heteroatoms. The van der Waals surface area contributed by atoms with Crippen molar-refractivity contribution in [2.45, 2.75) is 6.42 Å². The molecule has 0 aromatic heterocycles. The maximum atomic E-state index is 10.8. The Balaban J connectivity index is 3.11. The van der Waals surface area contributed by atoms with E-state index in [0.29, 0.717) is 6.42 Å². The molecule has 0 amide bonds. The first-order valence-electron chi connectivity index (χ1n) is 4.10. The summed E-state index contributed by atoms with van der Waals surface area (Å²) in [7, 11) is 3.64. The van der Waals surface area contributed by atoms with E-state index >= 15 is 0 Å². The Bertz CT molecular complexity index is 374. The van der Waals surface area contributed by atoms with Crippen LogP contribution in [0.4, 0.5) is 0 Å². The largest absolute Gasteiger partial charge is 0.477 e. The zero-order valence-corrected chi connectivity index (χ0v) is 8.06. The van der Waals surface area contributed by atoms with E-state index < -0.39 is 5.97 Å². The van der Waals surface area contributed by atoms with Crippen molar-refractivity contribution in [1.82, 2.24) is 4.90 Å². The van der Waals surface area contributed by atoms with E-state index in [1.165, 1.54) is 6.08 Å². The van der Waals surface area contributed by atoms with Crippen LogP contribution < -0.4 is 0 Å². The topological polar surface area (TPSA) is 76.9 Å². The van der Waals surface area contributed by atoms with Crippen molar-refractivity contribution in [2.75, 3.05) is 14.1 Å². The Kier molecular flexibility index (Phi) is 2.84. The van der Waals surface area contributed by atoms with Crippen molar-refractivity contribution in [2.24, 2.45) is 0 Å². The van der Waals surface area contributed by atoms with E-state index in [0.717, 1.165) is 5.70 Å². The second-order valence-electron chi connectivity index (χ2n) is 3.14. The predicted octanol–water partition coefficient (Wildman–Crippen LogP) is 0.517. The number of nitrogens with zero attached hydrogens (tertiary/aromatic N) is 3. The molecule has 74 valence electrons. The lowest BCUT2D eigenvalue weighted by atomic mass is 10.0. The number of carboxylic acids is 1. The minimum Gasteiger partial charge on any atom is -0.477 e. The minimum absolute atomic E-state index is 0.0405. The number of carboxylic acid groups (broad SMARTS) is 1. The van der Waals surface area contributed by atoms with Gasteiger partial charge in [0.2, 0.25) is 0 Å². The standard InChI is InChI=1S/C9H11N3O2/c1-12(2)6-3-4-8(11-10)7(5-6)9(13)14/h3,5H,4H2,1-2H3,(H,13,14). The number of allylic oxidation sites excluding steroid dienone is 2. The summed E-state index contributed by atoms with van der Waals surface area (Å²) in [5.41, 5.74) is 9.60. The van der Waals surface area contributed by atoms with Crippen LogP contribution in [0.2, 0.25) is 0 Å². The van der Waals surface area contributed by atoms with Crippen LogP contribution in [0.3, 0.4) is 0 Å². The summed E-state index contributed by atoms with van der Waals surface area (Å²) in [5, 5.41) is 8.83. The quantitative estimate of drug-likeness (QED) is 0.513. The molecule has 1 rings (SSSR count).